The highest BCUT2D eigenvalue weighted by Crippen LogP contribution is 2.18. The lowest BCUT2D eigenvalue weighted by Gasteiger charge is -2.32. The molecule has 1 fully saturated rings. The zero-order valence-electron chi connectivity index (χ0n) is 9.36. The summed E-state index contributed by atoms with van der Waals surface area (Å²) in [5.74, 6) is 0.905. The lowest BCUT2D eigenvalue weighted by Crippen LogP contribution is -2.44. The summed E-state index contributed by atoms with van der Waals surface area (Å²) in [6.07, 6.45) is 0.102. The molecule has 0 spiro atoms. The maximum Gasteiger partial charge on any atom is 0.149 e. The van der Waals surface area contributed by atoms with E-state index < -0.39 is 0 Å². The quantitative estimate of drug-likeness (QED) is 0.852. The number of nitrogens with zero attached hydrogens (tertiary/aromatic N) is 1. The molecule has 0 aromatic heterocycles. The molecular formula is C12H16BrNO2. The molecule has 3 nitrogen and oxygen atoms in total. The Kier molecular flexibility index (Phi) is 4.21. The highest BCUT2D eigenvalue weighted by molar-refractivity contribution is 9.10. The smallest absolute Gasteiger partial charge is 0.149 e. The van der Waals surface area contributed by atoms with Crippen LogP contribution in [0.5, 0.6) is 5.75 Å². The number of benzene rings is 1. The average Bonchev–Trinajstić information content (AvgIpc) is 2.33. The SMILES string of the molecule is CC(Oc1ccc(Br)cc1)N1CCOCC1. The zero-order valence-corrected chi connectivity index (χ0v) is 10.9. The highest BCUT2D eigenvalue weighted by atomic mass is 79.9. The van der Waals surface area contributed by atoms with Crippen LogP contribution in [-0.4, -0.2) is 37.4 Å². The molecule has 0 saturated carbocycles. The van der Waals surface area contributed by atoms with Crippen molar-refractivity contribution in [1.82, 2.24) is 4.90 Å². The minimum atomic E-state index is 0.102. The third-order valence-electron chi connectivity index (χ3n) is 2.68. The van der Waals surface area contributed by atoms with Gasteiger partial charge in [0, 0.05) is 17.6 Å². The van der Waals surface area contributed by atoms with Gasteiger partial charge in [-0.05, 0) is 31.2 Å². The molecule has 1 aromatic rings. The van der Waals surface area contributed by atoms with Crippen LogP contribution in [0.4, 0.5) is 0 Å². The molecule has 1 aliphatic heterocycles. The van der Waals surface area contributed by atoms with Crippen molar-refractivity contribution in [3.05, 3.63) is 28.7 Å². The van der Waals surface area contributed by atoms with Crippen molar-refractivity contribution in [3.63, 3.8) is 0 Å². The Labute approximate surface area is 104 Å². The van der Waals surface area contributed by atoms with E-state index in [4.69, 9.17) is 9.47 Å². The Balaban J connectivity index is 1.90. The molecule has 0 bridgehead atoms. The fraction of sp³-hybridized carbons (Fsp3) is 0.500. The number of hydrogen-bond acceptors (Lipinski definition) is 3. The summed E-state index contributed by atoms with van der Waals surface area (Å²) in [6, 6.07) is 7.92. The van der Waals surface area contributed by atoms with Gasteiger partial charge in [0.15, 0.2) is 0 Å². The van der Waals surface area contributed by atoms with Crippen LogP contribution in [0.15, 0.2) is 28.7 Å². The Morgan fingerprint density at radius 2 is 1.88 bits per heavy atom. The average molecular weight is 286 g/mol. The molecule has 1 heterocycles. The van der Waals surface area contributed by atoms with E-state index in [2.05, 4.69) is 27.8 Å². The van der Waals surface area contributed by atoms with Gasteiger partial charge in [-0.25, -0.2) is 0 Å². The van der Waals surface area contributed by atoms with E-state index in [-0.39, 0.29) is 6.23 Å². The fourth-order valence-electron chi connectivity index (χ4n) is 1.73. The predicted octanol–water partition coefficient (Wildman–Crippen LogP) is 2.51. The maximum absolute atomic E-state index is 5.86. The number of rotatable bonds is 3. The third kappa shape index (κ3) is 3.20. The van der Waals surface area contributed by atoms with Crippen LogP contribution in [-0.2, 0) is 4.74 Å². The van der Waals surface area contributed by atoms with Crippen LogP contribution < -0.4 is 4.74 Å². The summed E-state index contributed by atoms with van der Waals surface area (Å²) >= 11 is 3.41. The summed E-state index contributed by atoms with van der Waals surface area (Å²) in [5, 5.41) is 0. The second-order valence-electron chi connectivity index (χ2n) is 3.82. The molecule has 2 rings (SSSR count). The topological polar surface area (TPSA) is 21.7 Å². The van der Waals surface area contributed by atoms with Gasteiger partial charge >= 0.3 is 0 Å². The van der Waals surface area contributed by atoms with Gasteiger partial charge in [-0.3, -0.25) is 4.90 Å². The largest absolute Gasteiger partial charge is 0.475 e. The first-order valence-electron chi connectivity index (χ1n) is 5.50. The van der Waals surface area contributed by atoms with E-state index in [0.29, 0.717) is 0 Å². The van der Waals surface area contributed by atoms with Crippen LogP contribution in [0.1, 0.15) is 6.92 Å². The van der Waals surface area contributed by atoms with E-state index in [1.54, 1.807) is 0 Å². The Hall–Kier alpha value is -0.580. The monoisotopic (exact) mass is 285 g/mol. The number of hydrogen-bond donors (Lipinski definition) is 0. The first-order chi connectivity index (χ1) is 7.75. The van der Waals surface area contributed by atoms with E-state index in [1.165, 1.54) is 0 Å². The maximum atomic E-state index is 5.86. The second-order valence-corrected chi connectivity index (χ2v) is 4.74. The molecule has 1 atom stereocenters. The fourth-order valence-corrected chi connectivity index (χ4v) is 1.99. The van der Waals surface area contributed by atoms with Gasteiger partial charge in [0.05, 0.1) is 13.2 Å². The second kappa shape index (κ2) is 5.66. The van der Waals surface area contributed by atoms with E-state index >= 15 is 0 Å². The van der Waals surface area contributed by atoms with Gasteiger partial charge < -0.3 is 9.47 Å². The predicted molar refractivity (Wildman–Crippen MR) is 66.6 cm³/mol. The summed E-state index contributed by atoms with van der Waals surface area (Å²) in [7, 11) is 0. The van der Waals surface area contributed by atoms with Crippen molar-refractivity contribution in [1.29, 1.82) is 0 Å². The van der Waals surface area contributed by atoms with Gasteiger partial charge in [-0.2, -0.15) is 0 Å². The molecule has 88 valence electrons. The standard InChI is InChI=1S/C12H16BrNO2/c1-10(14-6-8-15-9-7-14)16-12-4-2-11(13)3-5-12/h2-5,10H,6-9H2,1H3. The van der Waals surface area contributed by atoms with E-state index in [0.717, 1.165) is 36.5 Å². The summed E-state index contributed by atoms with van der Waals surface area (Å²) in [4.78, 5) is 2.28. The van der Waals surface area contributed by atoms with Crippen molar-refractivity contribution in [2.75, 3.05) is 26.3 Å². The molecule has 1 aromatic carbocycles. The lowest BCUT2D eigenvalue weighted by molar-refractivity contribution is -0.0373. The third-order valence-corrected chi connectivity index (χ3v) is 3.21. The highest BCUT2D eigenvalue weighted by Gasteiger charge is 2.17. The first kappa shape index (κ1) is 11.9. The molecule has 1 unspecified atom stereocenters. The summed E-state index contributed by atoms with van der Waals surface area (Å²) in [5.41, 5.74) is 0. The van der Waals surface area contributed by atoms with Crippen molar-refractivity contribution >= 4 is 15.9 Å². The Morgan fingerprint density at radius 3 is 2.50 bits per heavy atom. The van der Waals surface area contributed by atoms with Gasteiger partial charge in [-0.15, -0.1) is 0 Å². The van der Waals surface area contributed by atoms with Crippen molar-refractivity contribution in [2.45, 2.75) is 13.2 Å². The molecule has 0 amide bonds. The van der Waals surface area contributed by atoms with Crippen LogP contribution in [0.3, 0.4) is 0 Å². The molecule has 0 radical (unpaired) electrons. The van der Waals surface area contributed by atoms with Crippen molar-refractivity contribution < 1.29 is 9.47 Å². The first-order valence-corrected chi connectivity index (χ1v) is 6.29. The van der Waals surface area contributed by atoms with Gasteiger partial charge in [0.2, 0.25) is 0 Å². The summed E-state index contributed by atoms with van der Waals surface area (Å²) in [6.45, 7) is 5.56. The normalized spacial score (nSPS) is 19.4. The number of ether oxygens (including phenoxy) is 2. The molecule has 0 aliphatic carbocycles. The van der Waals surface area contributed by atoms with Crippen LogP contribution in [0.2, 0.25) is 0 Å². The van der Waals surface area contributed by atoms with Gasteiger partial charge in [0.1, 0.15) is 12.0 Å². The molecule has 1 aliphatic rings. The van der Waals surface area contributed by atoms with Crippen LogP contribution in [0.25, 0.3) is 0 Å². The van der Waals surface area contributed by atoms with Gasteiger partial charge in [-0.1, -0.05) is 15.9 Å². The van der Waals surface area contributed by atoms with Gasteiger partial charge in [0.25, 0.3) is 0 Å². The molecular weight excluding hydrogens is 270 g/mol. The molecule has 16 heavy (non-hydrogen) atoms. The molecule has 1 saturated heterocycles. The van der Waals surface area contributed by atoms with E-state index in [9.17, 15) is 0 Å². The number of halogens is 1. The van der Waals surface area contributed by atoms with Crippen LogP contribution in [0, 0.1) is 0 Å². The zero-order chi connectivity index (χ0) is 11.4. The minimum Gasteiger partial charge on any atom is -0.475 e. The summed E-state index contributed by atoms with van der Waals surface area (Å²) < 4.78 is 12.2. The van der Waals surface area contributed by atoms with Crippen molar-refractivity contribution in [3.8, 4) is 5.75 Å². The van der Waals surface area contributed by atoms with E-state index in [1.807, 2.05) is 24.3 Å². The lowest BCUT2D eigenvalue weighted by atomic mass is 10.3. The van der Waals surface area contributed by atoms with Crippen LogP contribution >= 0.6 is 15.9 Å². The Morgan fingerprint density at radius 1 is 1.25 bits per heavy atom. The number of morpholine rings is 1. The van der Waals surface area contributed by atoms with Crippen molar-refractivity contribution in [2.24, 2.45) is 0 Å². The minimum absolute atomic E-state index is 0.102. The Bertz CT molecular complexity index is 322. The molecule has 4 heteroatoms. The molecule has 0 N–H and O–H groups in total.